The maximum atomic E-state index is 13.8. The Hall–Kier alpha value is -1.62. The van der Waals surface area contributed by atoms with Gasteiger partial charge in [0, 0.05) is 10.6 Å². The van der Waals surface area contributed by atoms with E-state index < -0.39 is 23.2 Å². The Morgan fingerprint density at radius 3 is 2.41 bits per heavy atom. The highest BCUT2D eigenvalue weighted by molar-refractivity contribution is 6.31. The summed E-state index contributed by atoms with van der Waals surface area (Å²) in [5.74, 6) is -1.49. The Kier molecular flexibility index (Phi) is 5.40. The summed E-state index contributed by atoms with van der Waals surface area (Å²) in [5.41, 5.74) is 4.63. The molecule has 0 radical (unpaired) electrons. The first kappa shape index (κ1) is 16.7. The van der Waals surface area contributed by atoms with Crippen LogP contribution in [-0.4, -0.2) is 17.4 Å². The van der Waals surface area contributed by atoms with E-state index in [1.165, 1.54) is 18.2 Å². The number of amides is 2. The first-order chi connectivity index (χ1) is 10.4. The van der Waals surface area contributed by atoms with Crippen molar-refractivity contribution in [2.45, 2.75) is 50.5 Å². The molecular weight excluding hydrogens is 307 g/mol. The van der Waals surface area contributed by atoms with Crippen LogP contribution >= 0.6 is 11.6 Å². The van der Waals surface area contributed by atoms with E-state index in [4.69, 9.17) is 17.3 Å². The summed E-state index contributed by atoms with van der Waals surface area (Å²) in [6.45, 7) is 0. The molecular formula is C16H20ClFN2O2. The molecule has 0 aliphatic heterocycles. The van der Waals surface area contributed by atoms with Gasteiger partial charge < -0.3 is 11.1 Å². The van der Waals surface area contributed by atoms with Crippen LogP contribution in [0.4, 0.5) is 4.39 Å². The molecule has 0 unspecified atom stereocenters. The number of benzene rings is 1. The van der Waals surface area contributed by atoms with Gasteiger partial charge in [0.15, 0.2) is 0 Å². The van der Waals surface area contributed by atoms with Gasteiger partial charge in [0.25, 0.3) is 0 Å². The van der Waals surface area contributed by atoms with Gasteiger partial charge in [-0.3, -0.25) is 9.59 Å². The number of nitrogens with two attached hydrogens (primary N) is 1. The maximum Gasteiger partial charge on any atom is 0.243 e. The zero-order valence-corrected chi connectivity index (χ0v) is 13.1. The van der Waals surface area contributed by atoms with Crippen molar-refractivity contribution in [1.29, 1.82) is 0 Å². The largest absolute Gasteiger partial charge is 0.368 e. The third-order valence-corrected chi connectivity index (χ3v) is 4.56. The number of nitrogens with one attached hydrogen (secondary N) is 1. The second kappa shape index (κ2) is 7.09. The molecule has 22 heavy (non-hydrogen) atoms. The molecule has 2 amide bonds. The van der Waals surface area contributed by atoms with E-state index in [1.807, 2.05) is 0 Å². The van der Waals surface area contributed by atoms with Gasteiger partial charge >= 0.3 is 0 Å². The average Bonchev–Trinajstić information content (AvgIpc) is 2.69. The molecule has 1 aromatic carbocycles. The molecule has 120 valence electrons. The normalized spacial score (nSPS) is 17.5. The van der Waals surface area contributed by atoms with Crippen LogP contribution in [0, 0.1) is 5.82 Å². The first-order valence-electron chi connectivity index (χ1n) is 7.48. The Labute approximate surface area is 134 Å². The third kappa shape index (κ3) is 3.77. The summed E-state index contributed by atoms with van der Waals surface area (Å²) in [6.07, 6.45) is 4.56. The van der Waals surface area contributed by atoms with Crippen molar-refractivity contribution in [1.82, 2.24) is 5.32 Å². The van der Waals surface area contributed by atoms with Gasteiger partial charge in [-0.15, -0.1) is 0 Å². The predicted octanol–water partition coefficient (Wildman–Crippen LogP) is 2.72. The fourth-order valence-corrected chi connectivity index (χ4v) is 3.17. The lowest BCUT2D eigenvalue weighted by molar-refractivity contribution is -0.132. The molecule has 0 atom stereocenters. The van der Waals surface area contributed by atoms with Crippen LogP contribution in [0.2, 0.25) is 5.02 Å². The van der Waals surface area contributed by atoms with Gasteiger partial charge in [0.2, 0.25) is 11.8 Å². The Morgan fingerprint density at radius 2 is 1.86 bits per heavy atom. The van der Waals surface area contributed by atoms with Crippen LogP contribution in [0.15, 0.2) is 18.2 Å². The summed E-state index contributed by atoms with van der Waals surface area (Å²) in [7, 11) is 0. The lowest BCUT2D eigenvalue weighted by Crippen LogP contribution is -2.57. The third-order valence-electron chi connectivity index (χ3n) is 4.21. The van der Waals surface area contributed by atoms with E-state index in [-0.39, 0.29) is 17.0 Å². The van der Waals surface area contributed by atoms with E-state index in [2.05, 4.69) is 5.32 Å². The first-order valence-corrected chi connectivity index (χ1v) is 7.86. The molecule has 1 saturated carbocycles. The van der Waals surface area contributed by atoms with Crippen molar-refractivity contribution in [2.75, 3.05) is 0 Å². The molecule has 6 heteroatoms. The molecule has 1 fully saturated rings. The number of halogens is 2. The highest BCUT2D eigenvalue weighted by atomic mass is 35.5. The van der Waals surface area contributed by atoms with Gasteiger partial charge in [-0.25, -0.2) is 4.39 Å². The van der Waals surface area contributed by atoms with Crippen LogP contribution in [0.25, 0.3) is 0 Å². The summed E-state index contributed by atoms with van der Waals surface area (Å²) >= 11 is 5.93. The molecule has 1 aliphatic carbocycles. The van der Waals surface area contributed by atoms with Crippen molar-refractivity contribution in [3.05, 3.63) is 34.6 Å². The fraction of sp³-hybridized carbons (Fsp3) is 0.500. The predicted molar refractivity (Wildman–Crippen MR) is 82.9 cm³/mol. The summed E-state index contributed by atoms with van der Waals surface area (Å²) in [5, 5.41) is 2.93. The van der Waals surface area contributed by atoms with Crippen molar-refractivity contribution in [3.8, 4) is 0 Å². The van der Waals surface area contributed by atoms with Crippen LogP contribution in [-0.2, 0) is 16.0 Å². The van der Waals surface area contributed by atoms with E-state index in [0.29, 0.717) is 12.8 Å². The number of carbonyl (C=O) groups excluding carboxylic acids is 2. The lowest BCUT2D eigenvalue weighted by Gasteiger charge is -2.30. The summed E-state index contributed by atoms with van der Waals surface area (Å²) in [6, 6.07) is 4.27. The van der Waals surface area contributed by atoms with Crippen molar-refractivity contribution < 1.29 is 14.0 Å². The lowest BCUT2D eigenvalue weighted by atomic mass is 9.89. The van der Waals surface area contributed by atoms with Crippen LogP contribution in [0.3, 0.4) is 0 Å². The van der Waals surface area contributed by atoms with Gasteiger partial charge in [-0.1, -0.05) is 43.4 Å². The molecule has 0 heterocycles. The van der Waals surface area contributed by atoms with E-state index in [1.54, 1.807) is 0 Å². The van der Waals surface area contributed by atoms with Crippen LogP contribution in [0.1, 0.15) is 44.1 Å². The number of rotatable bonds is 4. The molecule has 2 rings (SSSR count). The van der Waals surface area contributed by atoms with Crippen molar-refractivity contribution >= 4 is 23.4 Å². The zero-order valence-electron chi connectivity index (χ0n) is 12.3. The summed E-state index contributed by atoms with van der Waals surface area (Å²) in [4.78, 5) is 24.1. The second-order valence-corrected chi connectivity index (χ2v) is 6.19. The highest BCUT2D eigenvalue weighted by Gasteiger charge is 2.38. The molecule has 4 nitrogen and oxygen atoms in total. The Bertz CT molecular complexity index is 549. The van der Waals surface area contributed by atoms with E-state index >= 15 is 0 Å². The molecule has 1 aromatic rings. The standard InChI is InChI=1S/C16H20ClFN2O2/c17-12-6-5-7-13(18)11(12)10-14(21)20-16(15(19)22)8-3-1-2-4-9-16/h5-7H,1-4,8-10H2,(H2,19,22)(H,20,21). The number of hydrogen-bond donors (Lipinski definition) is 2. The minimum atomic E-state index is -1.02. The van der Waals surface area contributed by atoms with E-state index in [0.717, 1.165) is 25.7 Å². The number of carbonyl (C=O) groups is 2. The monoisotopic (exact) mass is 326 g/mol. The smallest absolute Gasteiger partial charge is 0.243 e. The van der Waals surface area contributed by atoms with E-state index in [9.17, 15) is 14.0 Å². The number of primary amides is 1. The Morgan fingerprint density at radius 1 is 1.23 bits per heavy atom. The molecule has 0 spiro atoms. The molecule has 3 N–H and O–H groups in total. The molecule has 0 aromatic heterocycles. The van der Waals surface area contributed by atoms with Crippen molar-refractivity contribution in [3.63, 3.8) is 0 Å². The summed E-state index contributed by atoms with van der Waals surface area (Å²) < 4.78 is 13.8. The van der Waals surface area contributed by atoms with Crippen molar-refractivity contribution in [2.24, 2.45) is 5.73 Å². The second-order valence-electron chi connectivity index (χ2n) is 5.79. The minimum absolute atomic E-state index is 0.134. The highest BCUT2D eigenvalue weighted by Crippen LogP contribution is 2.27. The van der Waals surface area contributed by atoms with Crippen LogP contribution in [0.5, 0.6) is 0 Å². The van der Waals surface area contributed by atoms with Gasteiger partial charge in [0.1, 0.15) is 11.4 Å². The fourth-order valence-electron chi connectivity index (χ4n) is 2.94. The average molecular weight is 327 g/mol. The maximum absolute atomic E-state index is 13.8. The molecule has 1 aliphatic rings. The van der Waals surface area contributed by atoms with Gasteiger partial charge in [0.05, 0.1) is 6.42 Å². The quantitative estimate of drug-likeness (QED) is 0.835. The zero-order chi connectivity index (χ0) is 16.2. The van der Waals surface area contributed by atoms with Gasteiger partial charge in [-0.2, -0.15) is 0 Å². The Balaban J connectivity index is 2.13. The minimum Gasteiger partial charge on any atom is -0.368 e. The van der Waals surface area contributed by atoms with Crippen LogP contribution < -0.4 is 11.1 Å². The van der Waals surface area contributed by atoms with Gasteiger partial charge in [-0.05, 0) is 25.0 Å². The molecule has 0 bridgehead atoms. The molecule has 0 saturated heterocycles. The topological polar surface area (TPSA) is 72.2 Å². The number of hydrogen-bond acceptors (Lipinski definition) is 2. The SMILES string of the molecule is NC(=O)C1(NC(=O)Cc2c(F)cccc2Cl)CCCCCC1.